The second kappa shape index (κ2) is 6.06. The van der Waals surface area contributed by atoms with Gasteiger partial charge in [-0.05, 0) is 0 Å². The van der Waals surface area contributed by atoms with Crippen molar-refractivity contribution in [3.05, 3.63) is 0 Å². The van der Waals surface area contributed by atoms with Crippen LogP contribution in [0.25, 0.3) is 0 Å². The van der Waals surface area contributed by atoms with E-state index in [0.29, 0.717) is 0 Å². The molecule has 0 aliphatic carbocycles. The van der Waals surface area contributed by atoms with Gasteiger partial charge in [0.05, 0.1) is 0 Å². The maximum atomic E-state index is 10.2. The van der Waals surface area contributed by atoms with Gasteiger partial charge in [-0.3, -0.25) is 0 Å². The fourth-order valence-corrected chi connectivity index (χ4v) is 1.79. The Kier molecular flexibility index (Phi) is 7.83. The molecule has 0 aliphatic heterocycles. The first-order valence-corrected chi connectivity index (χ1v) is 6.09. The molecule has 13 heavy (non-hydrogen) atoms. The predicted octanol–water partition coefficient (Wildman–Crippen LogP) is -4.10. The topological polar surface area (TPSA) is 151 Å². The Morgan fingerprint density at radius 1 is 1.00 bits per heavy atom. The molecule has 76 valence electrons. The van der Waals surface area contributed by atoms with E-state index in [1.807, 2.05) is 0 Å². The van der Waals surface area contributed by atoms with Crippen LogP contribution in [0, 0.1) is 0 Å². The molecule has 0 bridgehead atoms. The molecule has 0 radical (unpaired) electrons. The van der Waals surface area contributed by atoms with Crippen LogP contribution >= 0.6 is 15.6 Å². The van der Waals surface area contributed by atoms with Crippen molar-refractivity contribution in [3.8, 4) is 0 Å². The molecule has 0 rings (SSSR count). The molecular formula is H5NaO9P2S. The quantitative estimate of drug-likeness (QED) is 0.294. The van der Waals surface area contributed by atoms with Gasteiger partial charge in [-0.15, -0.1) is 0 Å². The average molecular weight is 266 g/mol. The van der Waals surface area contributed by atoms with E-state index >= 15 is 0 Å². The van der Waals surface area contributed by atoms with Crippen LogP contribution in [0.5, 0.6) is 0 Å². The second-order valence-electron chi connectivity index (χ2n) is 1.33. The molecule has 0 saturated heterocycles. The smallest absolute Gasteiger partial charge is 1.00 e. The summed E-state index contributed by atoms with van der Waals surface area (Å²) in [6, 6.07) is 0. The maximum Gasteiger partial charge on any atom is 1.00 e. The van der Waals surface area contributed by atoms with Gasteiger partial charge in [-0.2, -0.15) is 12.1 Å². The summed E-state index contributed by atoms with van der Waals surface area (Å²) < 4.78 is 36.4. The Morgan fingerprint density at radius 3 is 1.38 bits per heavy atom. The molecule has 0 spiro atoms. The molecule has 0 heterocycles. The average Bonchev–Trinajstić information content (AvgIpc) is 1.49. The minimum Gasteiger partial charge on any atom is -1.00 e. The molecule has 4 N–H and O–H groups in total. The molecule has 0 aromatic carbocycles. The molecule has 0 atom stereocenters. The van der Waals surface area contributed by atoms with Crippen molar-refractivity contribution in [1.29, 1.82) is 0 Å². The van der Waals surface area contributed by atoms with Gasteiger partial charge in [0.25, 0.3) is 0 Å². The van der Waals surface area contributed by atoms with E-state index in [1.165, 1.54) is 0 Å². The van der Waals surface area contributed by atoms with Crippen molar-refractivity contribution in [1.82, 2.24) is 0 Å². The largest absolute Gasteiger partial charge is 1.00 e. The van der Waals surface area contributed by atoms with Crippen LogP contribution in [-0.4, -0.2) is 23.8 Å². The minimum absolute atomic E-state index is 0. The SMILES string of the molecule is O=S(OP(=O)(O)O)OP(=O)(O)O.[H-].[Na+]. The zero-order chi connectivity index (χ0) is 9.99. The number of hydrogen-bond acceptors (Lipinski definition) is 5. The van der Waals surface area contributed by atoms with Crippen molar-refractivity contribution in [2.75, 3.05) is 0 Å². The van der Waals surface area contributed by atoms with Gasteiger partial charge in [-0.1, -0.05) is 0 Å². The van der Waals surface area contributed by atoms with Gasteiger partial charge in [-0.25, -0.2) is 9.13 Å². The second-order valence-corrected chi connectivity index (χ2v) is 4.90. The fourth-order valence-electron chi connectivity index (χ4n) is 0.172. The van der Waals surface area contributed by atoms with Crippen molar-refractivity contribution in [2.45, 2.75) is 0 Å². The van der Waals surface area contributed by atoms with Crippen LogP contribution in [0.15, 0.2) is 0 Å². The van der Waals surface area contributed by atoms with Crippen LogP contribution in [0.1, 0.15) is 1.43 Å². The van der Waals surface area contributed by atoms with Gasteiger partial charge in [0.2, 0.25) is 0 Å². The van der Waals surface area contributed by atoms with Gasteiger partial charge in [0.1, 0.15) is 0 Å². The van der Waals surface area contributed by atoms with Crippen LogP contribution in [0.3, 0.4) is 0 Å². The first-order chi connectivity index (χ1) is 5.10. The molecular weight excluding hydrogens is 261 g/mol. The van der Waals surface area contributed by atoms with Crippen LogP contribution in [-0.2, 0) is 28.4 Å². The van der Waals surface area contributed by atoms with E-state index in [2.05, 4.69) is 7.94 Å². The van der Waals surface area contributed by atoms with Crippen LogP contribution < -0.4 is 29.6 Å². The standard InChI is InChI=1S/Na.H4O9P2S.H/c;1-10(2,3)8-12(7)9-11(4,5)6;/h;(H2,1,2,3)(H2,4,5,6);/q+1;;-1. The zero-order valence-corrected chi connectivity index (χ0v) is 10.7. The van der Waals surface area contributed by atoms with E-state index < -0.39 is 27.0 Å². The van der Waals surface area contributed by atoms with Crippen LogP contribution in [0.2, 0.25) is 0 Å². The molecule has 0 aromatic heterocycles. The van der Waals surface area contributed by atoms with E-state index in [4.69, 9.17) is 19.6 Å². The van der Waals surface area contributed by atoms with E-state index in [9.17, 15) is 13.3 Å². The molecule has 0 fully saturated rings. The summed E-state index contributed by atoms with van der Waals surface area (Å²) in [7, 11) is -10.2. The monoisotopic (exact) mass is 266 g/mol. The third kappa shape index (κ3) is 13.4. The first-order valence-electron chi connectivity index (χ1n) is 2.03. The molecule has 0 aliphatic rings. The Bertz CT molecular complexity index is 238. The molecule has 9 nitrogen and oxygen atoms in total. The summed E-state index contributed by atoms with van der Waals surface area (Å²) in [6.45, 7) is 0. The molecule has 0 unspecified atom stereocenters. The number of phosphoric acid groups is 2. The Balaban J connectivity index is -0.000000605. The van der Waals surface area contributed by atoms with E-state index in [1.54, 1.807) is 0 Å². The van der Waals surface area contributed by atoms with Gasteiger partial charge < -0.3 is 21.0 Å². The van der Waals surface area contributed by atoms with Crippen molar-refractivity contribution in [2.24, 2.45) is 0 Å². The maximum absolute atomic E-state index is 10.2. The van der Waals surface area contributed by atoms with Crippen molar-refractivity contribution >= 4 is 27.0 Å². The Hall–Kier alpha value is 1.37. The van der Waals surface area contributed by atoms with Gasteiger partial charge in [0, 0.05) is 0 Å². The number of hydrogen-bond donors (Lipinski definition) is 4. The summed E-state index contributed by atoms with van der Waals surface area (Å²) in [6.07, 6.45) is 0. The minimum atomic E-state index is -5.08. The summed E-state index contributed by atoms with van der Waals surface area (Å²) in [5, 5.41) is 0. The predicted molar refractivity (Wildman–Crippen MR) is 35.5 cm³/mol. The summed E-state index contributed by atoms with van der Waals surface area (Å²) in [5.41, 5.74) is 0. The first kappa shape index (κ1) is 16.8. The van der Waals surface area contributed by atoms with Gasteiger partial charge >= 0.3 is 56.6 Å². The third-order valence-electron chi connectivity index (χ3n) is 0.316. The normalized spacial score (nSPS) is 12.7. The molecule has 0 saturated carbocycles. The van der Waals surface area contributed by atoms with E-state index in [-0.39, 0.29) is 31.0 Å². The Labute approximate surface area is 98.6 Å². The number of rotatable bonds is 4. The zero-order valence-electron chi connectivity index (χ0n) is 7.13. The molecule has 0 aromatic rings. The summed E-state index contributed by atoms with van der Waals surface area (Å²) in [4.78, 5) is 31.8. The van der Waals surface area contributed by atoms with Gasteiger partial charge in [0.15, 0.2) is 0 Å². The molecule has 0 amide bonds. The van der Waals surface area contributed by atoms with Crippen molar-refractivity contribution in [3.63, 3.8) is 0 Å². The van der Waals surface area contributed by atoms with Crippen LogP contribution in [0.4, 0.5) is 0 Å². The van der Waals surface area contributed by atoms with E-state index in [0.717, 1.165) is 0 Å². The fraction of sp³-hybridized carbons (Fsp3) is 0. The third-order valence-corrected chi connectivity index (χ3v) is 2.84. The summed E-state index contributed by atoms with van der Waals surface area (Å²) >= 11 is -3.19. The van der Waals surface area contributed by atoms with Crippen molar-refractivity contribution < 1.29 is 71.8 Å². The summed E-state index contributed by atoms with van der Waals surface area (Å²) in [5.74, 6) is 0. The molecule has 13 heteroatoms. The Morgan fingerprint density at radius 2 is 1.23 bits per heavy atom.